The van der Waals surface area contributed by atoms with Gasteiger partial charge in [-0.2, -0.15) is 0 Å². The Morgan fingerprint density at radius 3 is 2.64 bits per heavy atom. The molecular formula is C9H12NS. The normalized spacial score (nSPS) is 11.5. The molecule has 0 fully saturated rings. The first-order valence-corrected chi connectivity index (χ1v) is 4.41. The van der Waals surface area contributed by atoms with Crippen LogP contribution in [0.5, 0.6) is 0 Å². The van der Waals surface area contributed by atoms with E-state index in [1.807, 2.05) is 30.1 Å². The Balaban J connectivity index is 2.66. The molecule has 0 unspecified atom stereocenters. The molecule has 1 heterocycles. The van der Waals surface area contributed by atoms with Gasteiger partial charge in [-0.1, -0.05) is 20.8 Å². The molecule has 0 amide bonds. The van der Waals surface area contributed by atoms with Gasteiger partial charge in [-0.15, -0.1) is 11.8 Å². The van der Waals surface area contributed by atoms with Gasteiger partial charge in [-0.05, 0) is 12.1 Å². The van der Waals surface area contributed by atoms with E-state index in [0.717, 1.165) is 0 Å². The smallest absolute Gasteiger partial charge is 0.0886 e. The van der Waals surface area contributed by atoms with Crippen molar-refractivity contribution in [2.75, 3.05) is 0 Å². The van der Waals surface area contributed by atoms with E-state index in [1.54, 1.807) is 0 Å². The van der Waals surface area contributed by atoms with Gasteiger partial charge in [-0.3, -0.25) is 4.98 Å². The predicted molar refractivity (Wildman–Crippen MR) is 48.7 cm³/mol. The van der Waals surface area contributed by atoms with Gasteiger partial charge in [0, 0.05) is 15.8 Å². The summed E-state index contributed by atoms with van der Waals surface area (Å²) >= 11 is 1.82. The Bertz CT molecular complexity index is 213. The monoisotopic (exact) mass is 166 g/mol. The Labute approximate surface area is 72.2 Å². The number of hydrogen-bond acceptors (Lipinski definition) is 2. The maximum atomic E-state index is 3.92. The molecule has 0 saturated carbocycles. The number of thioether (sulfide) groups is 1. The van der Waals surface area contributed by atoms with Gasteiger partial charge in [0.05, 0.1) is 6.20 Å². The van der Waals surface area contributed by atoms with E-state index in [1.165, 1.54) is 4.90 Å². The highest BCUT2D eigenvalue weighted by molar-refractivity contribution is 8.00. The second-order valence-corrected chi connectivity index (χ2v) is 5.24. The summed E-state index contributed by atoms with van der Waals surface area (Å²) in [4.78, 5) is 5.13. The predicted octanol–water partition coefficient (Wildman–Crippen LogP) is 2.77. The summed E-state index contributed by atoms with van der Waals surface area (Å²) in [5, 5.41) is 0. The number of hydrogen-bond donors (Lipinski definition) is 0. The van der Waals surface area contributed by atoms with Crippen LogP contribution in [-0.2, 0) is 0 Å². The molecular weight excluding hydrogens is 154 g/mol. The van der Waals surface area contributed by atoms with Crippen molar-refractivity contribution in [3.8, 4) is 0 Å². The van der Waals surface area contributed by atoms with Gasteiger partial charge >= 0.3 is 0 Å². The summed E-state index contributed by atoms with van der Waals surface area (Å²) in [7, 11) is 0. The topological polar surface area (TPSA) is 12.9 Å². The molecule has 59 valence electrons. The van der Waals surface area contributed by atoms with E-state index in [2.05, 4.69) is 32.0 Å². The molecule has 1 aromatic rings. The third-order valence-electron chi connectivity index (χ3n) is 1.01. The van der Waals surface area contributed by atoms with E-state index < -0.39 is 0 Å². The van der Waals surface area contributed by atoms with Crippen LogP contribution in [-0.4, -0.2) is 9.73 Å². The zero-order valence-electron chi connectivity index (χ0n) is 7.09. The summed E-state index contributed by atoms with van der Waals surface area (Å²) in [6.07, 6.45) is 4.60. The first-order chi connectivity index (χ1) is 5.08. The Morgan fingerprint density at radius 1 is 1.45 bits per heavy atom. The van der Waals surface area contributed by atoms with Gasteiger partial charge in [-0.25, -0.2) is 0 Å². The van der Waals surface area contributed by atoms with Crippen molar-refractivity contribution in [2.45, 2.75) is 30.4 Å². The van der Waals surface area contributed by atoms with Crippen LogP contribution in [0.3, 0.4) is 0 Å². The lowest BCUT2D eigenvalue weighted by Gasteiger charge is -2.16. The summed E-state index contributed by atoms with van der Waals surface area (Å²) in [6.45, 7) is 6.57. The molecule has 0 atom stereocenters. The highest BCUT2D eigenvalue weighted by atomic mass is 32.2. The molecule has 1 aromatic heterocycles. The van der Waals surface area contributed by atoms with E-state index in [9.17, 15) is 0 Å². The summed E-state index contributed by atoms with van der Waals surface area (Å²) in [5.41, 5.74) is 0. The van der Waals surface area contributed by atoms with Crippen molar-refractivity contribution in [2.24, 2.45) is 0 Å². The largest absolute Gasteiger partial charge is 0.253 e. The molecule has 0 aromatic carbocycles. The highest BCUT2D eigenvalue weighted by Gasteiger charge is 2.11. The van der Waals surface area contributed by atoms with Crippen molar-refractivity contribution in [1.29, 1.82) is 0 Å². The fourth-order valence-electron chi connectivity index (χ4n) is 0.720. The van der Waals surface area contributed by atoms with Crippen LogP contribution < -0.4 is 0 Å². The van der Waals surface area contributed by atoms with Gasteiger partial charge in [0.25, 0.3) is 0 Å². The van der Waals surface area contributed by atoms with Crippen molar-refractivity contribution < 1.29 is 0 Å². The first-order valence-electron chi connectivity index (χ1n) is 3.59. The van der Waals surface area contributed by atoms with Gasteiger partial charge in [0.2, 0.25) is 0 Å². The third kappa shape index (κ3) is 3.42. The van der Waals surface area contributed by atoms with Crippen LogP contribution in [0.2, 0.25) is 0 Å². The van der Waals surface area contributed by atoms with Crippen molar-refractivity contribution in [3.05, 3.63) is 24.5 Å². The van der Waals surface area contributed by atoms with E-state index in [4.69, 9.17) is 0 Å². The SMILES string of the molecule is CC(C)(C)Sc1cc[c]nc1. The van der Waals surface area contributed by atoms with Crippen molar-refractivity contribution in [3.63, 3.8) is 0 Å². The van der Waals surface area contributed by atoms with E-state index in [-0.39, 0.29) is 4.75 Å². The quantitative estimate of drug-likeness (QED) is 0.595. The Morgan fingerprint density at radius 2 is 2.18 bits per heavy atom. The van der Waals surface area contributed by atoms with Crippen LogP contribution in [0.1, 0.15) is 20.8 Å². The number of nitrogens with zero attached hydrogens (tertiary/aromatic N) is 1. The van der Waals surface area contributed by atoms with Crippen molar-refractivity contribution in [1.82, 2.24) is 4.98 Å². The molecule has 0 bridgehead atoms. The van der Waals surface area contributed by atoms with Gasteiger partial charge < -0.3 is 0 Å². The highest BCUT2D eigenvalue weighted by Crippen LogP contribution is 2.30. The summed E-state index contributed by atoms with van der Waals surface area (Å²) in [6, 6.07) is 3.87. The van der Waals surface area contributed by atoms with Crippen LogP contribution in [0.15, 0.2) is 23.2 Å². The Hall–Kier alpha value is -0.500. The molecule has 0 N–H and O–H groups in total. The summed E-state index contributed by atoms with van der Waals surface area (Å²) < 4.78 is 0.267. The molecule has 0 aliphatic rings. The lowest BCUT2D eigenvalue weighted by Crippen LogP contribution is -2.06. The first kappa shape index (κ1) is 8.60. The molecule has 0 spiro atoms. The zero-order valence-corrected chi connectivity index (χ0v) is 7.90. The van der Waals surface area contributed by atoms with Crippen LogP contribution in [0, 0.1) is 6.20 Å². The fourth-order valence-corrected chi connectivity index (χ4v) is 1.67. The lowest BCUT2D eigenvalue weighted by molar-refractivity contribution is 0.802. The zero-order chi connectivity index (χ0) is 8.32. The molecule has 2 heteroatoms. The minimum Gasteiger partial charge on any atom is -0.253 e. The van der Waals surface area contributed by atoms with Crippen LogP contribution >= 0.6 is 11.8 Å². The molecule has 1 rings (SSSR count). The lowest BCUT2D eigenvalue weighted by atomic mass is 10.3. The van der Waals surface area contributed by atoms with Crippen LogP contribution in [0.4, 0.5) is 0 Å². The standard InChI is InChI=1S/C9H12NS/c1-9(2,3)11-8-5-4-6-10-7-8/h4-5,7H,1-3H3. The molecule has 1 nitrogen and oxygen atoms in total. The second-order valence-electron chi connectivity index (χ2n) is 3.34. The molecule has 0 aliphatic carbocycles. The number of rotatable bonds is 1. The number of aromatic nitrogens is 1. The fraction of sp³-hybridized carbons (Fsp3) is 0.444. The second kappa shape index (κ2) is 3.26. The minimum atomic E-state index is 0.267. The van der Waals surface area contributed by atoms with Gasteiger partial charge in [0.15, 0.2) is 0 Å². The number of pyridine rings is 1. The Kier molecular flexibility index (Phi) is 2.55. The summed E-state index contributed by atoms with van der Waals surface area (Å²) in [5.74, 6) is 0. The van der Waals surface area contributed by atoms with Crippen LogP contribution in [0.25, 0.3) is 0 Å². The molecule has 0 saturated heterocycles. The molecule has 0 aliphatic heterocycles. The molecule has 1 radical (unpaired) electrons. The molecule has 11 heavy (non-hydrogen) atoms. The van der Waals surface area contributed by atoms with E-state index >= 15 is 0 Å². The van der Waals surface area contributed by atoms with Gasteiger partial charge in [0.1, 0.15) is 0 Å². The third-order valence-corrected chi connectivity index (χ3v) is 2.10. The maximum Gasteiger partial charge on any atom is 0.0886 e. The average Bonchev–Trinajstić information content (AvgIpc) is 1.85. The minimum absolute atomic E-state index is 0.267. The van der Waals surface area contributed by atoms with E-state index in [0.29, 0.717) is 0 Å². The average molecular weight is 166 g/mol. The van der Waals surface area contributed by atoms with Crippen molar-refractivity contribution >= 4 is 11.8 Å². The maximum absolute atomic E-state index is 3.92.